The molecule has 3 aromatic carbocycles. The summed E-state index contributed by atoms with van der Waals surface area (Å²) in [5, 5.41) is 0. The molecular weight excluding hydrogens is 376 g/mol. The van der Waals surface area contributed by atoms with E-state index in [-0.39, 0.29) is 6.03 Å². The number of aryl methyl sites for hydroxylation is 1. The quantitative estimate of drug-likeness (QED) is 0.474. The number of nitrogens with zero attached hydrogens (tertiary/aromatic N) is 2. The van der Waals surface area contributed by atoms with Gasteiger partial charge < -0.3 is 0 Å². The van der Waals surface area contributed by atoms with Gasteiger partial charge in [-0.05, 0) is 42.3 Å². The van der Waals surface area contributed by atoms with Gasteiger partial charge in [-0.3, -0.25) is 4.90 Å². The molecular formula is C21H19BrN2O. The Morgan fingerprint density at radius 2 is 1.28 bits per heavy atom. The highest BCUT2D eigenvalue weighted by Gasteiger charge is 2.24. The second-order valence-electron chi connectivity index (χ2n) is 5.55. The van der Waals surface area contributed by atoms with Crippen molar-refractivity contribution < 1.29 is 4.79 Å². The van der Waals surface area contributed by atoms with Crippen LogP contribution in [0.25, 0.3) is 0 Å². The van der Waals surface area contributed by atoms with Crippen LogP contribution in [0.15, 0.2) is 84.9 Å². The van der Waals surface area contributed by atoms with E-state index in [9.17, 15) is 4.79 Å². The van der Waals surface area contributed by atoms with Crippen molar-refractivity contribution in [3.8, 4) is 0 Å². The Kier molecular flexibility index (Phi) is 5.51. The molecule has 0 aliphatic heterocycles. The molecule has 0 aliphatic rings. The monoisotopic (exact) mass is 394 g/mol. The van der Waals surface area contributed by atoms with Gasteiger partial charge >= 0.3 is 6.03 Å². The Morgan fingerprint density at radius 1 is 0.800 bits per heavy atom. The molecule has 0 unspecified atom stereocenters. The largest absolute Gasteiger partial charge is 0.343 e. The Bertz CT molecular complexity index is 797. The third-order valence-corrected chi connectivity index (χ3v) is 4.66. The molecule has 0 N–H and O–H groups in total. The average Bonchev–Trinajstić information content (AvgIpc) is 2.69. The van der Waals surface area contributed by atoms with Crippen LogP contribution < -0.4 is 8.83 Å². The Morgan fingerprint density at radius 3 is 1.80 bits per heavy atom. The molecule has 0 aromatic heterocycles. The molecule has 3 aromatic rings. The zero-order chi connectivity index (χ0) is 17.6. The molecule has 0 atom stereocenters. The van der Waals surface area contributed by atoms with Crippen molar-refractivity contribution in [3.05, 3.63) is 90.5 Å². The second-order valence-corrected chi connectivity index (χ2v) is 6.26. The highest BCUT2D eigenvalue weighted by atomic mass is 79.9. The lowest BCUT2D eigenvalue weighted by molar-refractivity contribution is 0.257. The van der Waals surface area contributed by atoms with E-state index < -0.39 is 0 Å². The van der Waals surface area contributed by atoms with Crippen LogP contribution in [0, 0.1) is 0 Å². The first-order chi connectivity index (χ1) is 12.2. The maximum absolute atomic E-state index is 13.3. The van der Waals surface area contributed by atoms with Crippen molar-refractivity contribution in [2.75, 3.05) is 8.83 Å². The van der Waals surface area contributed by atoms with Crippen molar-refractivity contribution in [2.24, 2.45) is 0 Å². The van der Waals surface area contributed by atoms with Gasteiger partial charge in [0.1, 0.15) is 0 Å². The third-order valence-electron chi connectivity index (χ3n) is 3.97. The number of hydrogen-bond donors (Lipinski definition) is 0. The lowest BCUT2D eigenvalue weighted by atomic mass is 10.1. The molecule has 3 nitrogen and oxygen atoms in total. The van der Waals surface area contributed by atoms with E-state index in [1.807, 2.05) is 84.9 Å². The SMILES string of the molecule is CCc1ccccc1N(Br)C(=O)N(c1ccccc1)c1ccccc1. The summed E-state index contributed by atoms with van der Waals surface area (Å²) < 4.78 is 1.53. The summed E-state index contributed by atoms with van der Waals surface area (Å²) in [4.78, 5) is 15.0. The number of urea groups is 1. The van der Waals surface area contributed by atoms with Gasteiger partial charge in [0.05, 0.1) is 33.2 Å². The number of benzene rings is 3. The molecule has 0 aliphatic carbocycles. The molecule has 0 fully saturated rings. The molecule has 126 valence electrons. The predicted molar refractivity (Wildman–Crippen MR) is 108 cm³/mol. The Balaban J connectivity index is 2.03. The molecule has 0 radical (unpaired) electrons. The van der Waals surface area contributed by atoms with Crippen molar-refractivity contribution in [1.82, 2.24) is 0 Å². The summed E-state index contributed by atoms with van der Waals surface area (Å²) in [6.07, 6.45) is 0.849. The molecule has 25 heavy (non-hydrogen) atoms. The highest BCUT2D eigenvalue weighted by molar-refractivity contribution is 9.10. The molecule has 4 heteroatoms. The van der Waals surface area contributed by atoms with Crippen LogP contribution in [0.2, 0.25) is 0 Å². The van der Waals surface area contributed by atoms with Gasteiger partial charge in [0.25, 0.3) is 0 Å². The summed E-state index contributed by atoms with van der Waals surface area (Å²) in [5.74, 6) is 0. The standard InChI is InChI=1S/C21H19BrN2O/c1-2-17-11-9-10-16-20(17)24(22)21(25)23(18-12-5-3-6-13-18)19-14-7-4-8-15-19/h3-16H,2H2,1H3. The van der Waals surface area contributed by atoms with Crippen LogP contribution in [-0.4, -0.2) is 6.03 Å². The molecule has 3 rings (SSSR count). The number of hydrogen-bond acceptors (Lipinski definition) is 1. The summed E-state index contributed by atoms with van der Waals surface area (Å²) in [6, 6.07) is 27.0. The number of carbonyl (C=O) groups excluding carboxylic acids is 1. The van der Waals surface area contributed by atoms with Gasteiger partial charge in [-0.2, -0.15) is 0 Å². The van der Waals surface area contributed by atoms with Crippen molar-refractivity contribution in [3.63, 3.8) is 0 Å². The minimum Gasteiger partial charge on any atom is -0.262 e. The normalized spacial score (nSPS) is 10.3. The lowest BCUT2D eigenvalue weighted by Gasteiger charge is -2.28. The lowest BCUT2D eigenvalue weighted by Crippen LogP contribution is -2.35. The Hall–Kier alpha value is -2.59. The van der Waals surface area contributed by atoms with Crippen molar-refractivity contribution in [2.45, 2.75) is 13.3 Å². The van der Waals surface area contributed by atoms with Crippen molar-refractivity contribution >= 4 is 39.2 Å². The van der Waals surface area contributed by atoms with E-state index in [0.717, 1.165) is 29.0 Å². The van der Waals surface area contributed by atoms with E-state index in [1.165, 1.54) is 3.93 Å². The van der Waals surface area contributed by atoms with Crippen LogP contribution in [0.3, 0.4) is 0 Å². The number of amides is 2. The summed E-state index contributed by atoms with van der Waals surface area (Å²) in [5.41, 5.74) is 3.59. The number of halogens is 1. The van der Waals surface area contributed by atoms with E-state index >= 15 is 0 Å². The fourth-order valence-corrected chi connectivity index (χ4v) is 3.22. The van der Waals surface area contributed by atoms with Crippen LogP contribution in [0.4, 0.5) is 21.9 Å². The minimum atomic E-state index is -0.168. The molecule has 0 heterocycles. The first-order valence-electron chi connectivity index (χ1n) is 8.20. The molecule has 0 saturated carbocycles. The zero-order valence-electron chi connectivity index (χ0n) is 14.0. The number of anilines is 3. The van der Waals surface area contributed by atoms with E-state index in [2.05, 4.69) is 23.1 Å². The maximum Gasteiger partial charge on any atom is 0.343 e. The van der Waals surface area contributed by atoms with Crippen molar-refractivity contribution in [1.29, 1.82) is 0 Å². The minimum absolute atomic E-state index is 0.168. The van der Waals surface area contributed by atoms with Crippen LogP contribution >= 0.6 is 16.1 Å². The molecule has 0 bridgehead atoms. The van der Waals surface area contributed by atoms with Gasteiger partial charge in [0.2, 0.25) is 0 Å². The maximum atomic E-state index is 13.3. The first kappa shape index (κ1) is 17.2. The van der Waals surface area contributed by atoms with Crippen LogP contribution in [0.5, 0.6) is 0 Å². The number of rotatable bonds is 4. The third kappa shape index (κ3) is 3.74. The van der Waals surface area contributed by atoms with Gasteiger partial charge in [-0.15, -0.1) is 0 Å². The van der Waals surface area contributed by atoms with E-state index in [1.54, 1.807) is 4.90 Å². The van der Waals surface area contributed by atoms with Crippen LogP contribution in [0.1, 0.15) is 12.5 Å². The molecule has 2 amide bonds. The van der Waals surface area contributed by atoms with Crippen LogP contribution in [-0.2, 0) is 6.42 Å². The van der Waals surface area contributed by atoms with E-state index in [4.69, 9.17) is 0 Å². The zero-order valence-corrected chi connectivity index (χ0v) is 15.6. The smallest absolute Gasteiger partial charge is 0.262 e. The highest BCUT2D eigenvalue weighted by Crippen LogP contribution is 2.31. The van der Waals surface area contributed by atoms with E-state index in [0.29, 0.717) is 0 Å². The van der Waals surface area contributed by atoms with Gasteiger partial charge in [-0.25, -0.2) is 8.72 Å². The second kappa shape index (κ2) is 7.99. The van der Waals surface area contributed by atoms with Gasteiger partial charge in [0.15, 0.2) is 0 Å². The number of carbonyl (C=O) groups is 1. The topological polar surface area (TPSA) is 23.6 Å². The first-order valence-corrected chi connectivity index (χ1v) is 8.91. The summed E-state index contributed by atoms with van der Waals surface area (Å²) >= 11 is 3.48. The summed E-state index contributed by atoms with van der Waals surface area (Å²) in [7, 11) is 0. The molecule has 0 spiro atoms. The predicted octanol–water partition coefficient (Wildman–Crippen LogP) is 6.32. The van der Waals surface area contributed by atoms with Gasteiger partial charge in [0, 0.05) is 0 Å². The average molecular weight is 395 g/mol. The fraction of sp³-hybridized carbons (Fsp3) is 0.0952. The number of para-hydroxylation sites is 3. The fourth-order valence-electron chi connectivity index (χ4n) is 2.72. The van der Waals surface area contributed by atoms with Gasteiger partial charge in [-0.1, -0.05) is 61.5 Å². The molecule has 0 saturated heterocycles. The Labute approximate surface area is 156 Å². The summed E-state index contributed by atoms with van der Waals surface area (Å²) in [6.45, 7) is 2.08.